The van der Waals surface area contributed by atoms with Crippen LogP contribution in [-0.4, -0.2) is 11.2 Å². The van der Waals surface area contributed by atoms with Gasteiger partial charge >= 0.3 is 0 Å². The van der Waals surface area contributed by atoms with Crippen LogP contribution >= 0.6 is 0 Å². The molecule has 0 heterocycles. The van der Waals surface area contributed by atoms with Crippen molar-refractivity contribution in [3.63, 3.8) is 0 Å². The Labute approximate surface area is 93.6 Å². The minimum absolute atomic E-state index is 0.131. The van der Waals surface area contributed by atoms with Gasteiger partial charge in [0.1, 0.15) is 6.10 Å². The third-order valence-corrected chi connectivity index (χ3v) is 4.00. The molecule has 1 heteroatoms. The van der Waals surface area contributed by atoms with Gasteiger partial charge in [-0.2, -0.15) is 0 Å². The highest BCUT2D eigenvalue weighted by molar-refractivity contribution is 5.16. The third kappa shape index (κ3) is 1.96. The summed E-state index contributed by atoms with van der Waals surface area (Å²) in [5.41, 5.74) is 0.0984. The molecule has 1 nitrogen and oxygen atoms in total. The molecule has 1 aliphatic carbocycles. The zero-order chi connectivity index (χ0) is 11.7. The quantitative estimate of drug-likeness (QED) is 0.544. The summed E-state index contributed by atoms with van der Waals surface area (Å²) in [5, 5.41) is 10.1. The second-order valence-electron chi connectivity index (χ2n) is 5.50. The normalized spacial score (nSPS) is 35.4. The lowest BCUT2D eigenvalue weighted by Crippen LogP contribution is -2.37. The highest BCUT2D eigenvalue weighted by Gasteiger charge is 2.51. The van der Waals surface area contributed by atoms with E-state index >= 15 is 0 Å². The molecule has 0 aromatic heterocycles. The Balaban J connectivity index is 3.02. The number of aliphatic hydroxyl groups excluding tert-OH is 1. The summed E-state index contributed by atoms with van der Waals surface area (Å²) in [5.74, 6) is 6.03. The molecule has 0 aliphatic heterocycles. The molecule has 1 aliphatic rings. The number of allylic oxidation sites excluding steroid dienone is 1. The van der Waals surface area contributed by atoms with Gasteiger partial charge in [-0.3, -0.25) is 0 Å². The zero-order valence-corrected chi connectivity index (χ0v) is 10.3. The summed E-state index contributed by atoms with van der Waals surface area (Å²) >= 11 is 0. The standard InChI is InChI=1S/C14H22O/c1-6-8-12(15)14(5)10-9-13(3,4)11(14)7-2/h7,11-12,15H,2,9-10H2,1,3-5H3/t11-,12?,14+/m1/s1. The second kappa shape index (κ2) is 4.02. The SMILES string of the molecule is C=C[C@@H]1C(C)(C)CC[C@]1(C)C(O)C#CC. The minimum Gasteiger partial charge on any atom is -0.380 e. The van der Waals surface area contributed by atoms with E-state index in [0.29, 0.717) is 5.92 Å². The fourth-order valence-electron chi connectivity index (χ4n) is 2.99. The van der Waals surface area contributed by atoms with E-state index in [0.717, 1.165) is 12.8 Å². The van der Waals surface area contributed by atoms with Crippen LogP contribution in [0.1, 0.15) is 40.5 Å². The third-order valence-electron chi connectivity index (χ3n) is 4.00. The molecule has 0 amide bonds. The van der Waals surface area contributed by atoms with E-state index in [1.165, 1.54) is 0 Å². The van der Waals surface area contributed by atoms with Crippen molar-refractivity contribution in [1.82, 2.24) is 0 Å². The smallest absolute Gasteiger partial charge is 0.120 e. The van der Waals surface area contributed by atoms with Crippen LogP contribution in [0.25, 0.3) is 0 Å². The van der Waals surface area contributed by atoms with Gasteiger partial charge in [0, 0.05) is 5.41 Å². The molecular formula is C14H22O. The van der Waals surface area contributed by atoms with Crippen molar-refractivity contribution in [2.45, 2.75) is 46.6 Å². The Bertz CT molecular complexity index is 305. The fourth-order valence-corrected chi connectivity index (χ4v) is 2.99. The van der Waals surface area contributed by atoms with Crippen LogP contribution in [0.3, 0.4) is 0 Å². The van der Waals surface area contributed by atoms with Crippen LogP contribution < -0.4 is 0 Å². The molecule has 0 bridgehead atoms. The van der Waals surface area contributed by atoms with Crippen LogP contribution in [0.4, 0.5) is 0 Å². The lowest BCUT2D eigenvalue weighted by atomic mass is 9.69. The van der Waals surface area contributed by atoms with Crippen molar-refractivity contribution in [3.8, 4) is 11.8 Å². The van der Waals surface area contributed by atoms with Gasteiger partial charge < -0.3 is 5.11 Å². The van der Waals surface area contributed by atoms with Gasteiger partial charge in [0.25, 0.3) is 0 Å². The Morgan fingerprint density at radius 3 is 2.47 bits per heavy atom. The molecule has 1 N–H and O–H groups in total. The molecule has 0 radical (unpaired) electrons. The molecule has 0 spiro atoms. The van der Waals surface area contributed by atoms with Crippen LogP contribution in [0.15, 0.2) is 12.7 Å². The molecule has 84 valence electrons. The van der Waals surface area contributed by atoms with Gasteiger partial charge in [-0.05, 0) is 31.1 Å². The number of aliphatic hydroxyl groups is 1. The average molecular weight is 206 g/mol. The topological polar surface area (TPSA) is 20.2 Å². The fraction of sp³-hybridized carbons (Fsp3) is 0.714. The van der Waals surface area contributed by atoms with Crippen LogP contribution in [0.5, 0.6) is 0 Å². The molecule has 0 saturated heterocycles. The Kier molecular flexibility index (Phi) is 3.31. The first kappa shape index (κ1) is 12.3. The maximum absolute atomic E-state index is 10.1. The van der Waals surface area contributed by atoms with E-state index in [-0.39, 0.29) is 10.8 Å². The van der Waals surface area contributed by atoms with Crippen LogP contribution in [0.2, 0.25) is 0 Å². The molecular weight excluding hydrogens is 184 g/mol. The van der Waals surface area contributed by atoms with E-state index in [1.54, 1.807) is 6.92 Å². The molecule has 0 aromatic rings. The summed E-state index contributed by atoms with van der Waals surface area (Å²) in [7, 11) is 0. The summed E-state index contributed by atoms with van der Waals surface area (Å²) in [6, 6.07) is 0. The first-order valence-electron chi connectivity index (χ1n) is 5.61. The second-order valence-corrected chi connectivity index (χ2v) is 5.50. The summed E-state index contributed by atoms with van der Waals surface area (Å²) in [6.07, 6.45) is 3.61. The van der Waals surface area contributed by atoms with Crippen LogP contribution in [0, 0.1) is 28.6 Å². The van der Waals surface area contributed by atoms with E-state index in [2.05, 4.69) is 39.2 Å². The highest BCUT2D eigenvalue weighted by atomic mass is 16.3. The van der Waals surface area contributed by atoms with E-state index in [9.17, 15) is 5.11 Å². The Morgan fingerprint density at radius 1 is 1.40 bits per heavy atom. The largest absolute Gasteiger partial charge is 0.380 e. The van der Waals surface area contributed by atoms with E-state index in [1.807, 2.05) is 6.08 Å². The maximum Gasteiger partial charge on any atom is 0.120 e. The van der Waals surface area contributed by atoms with Gasteiger partial charge in [0.2, 0.25) is 0 Å². The van der Waals surface area contributed by atoms with Crippen LogP contribution in [-0.2, 0) is 0 Å². The monoisotopic (exact) mass is 206 g/mol. The minimum atomic E-state index is -0.535. The van der Waals surface area contributed by atoms with Crippen molar-refractivity contribution in [2.75, 3.05) is 0 Å². The lowest BCUT2D eigenvalue weighted by molar-refractivity contribution is 0.0469. The number of hydrogen-bond acceptors (Lipinski definition) is 1. The molecule has 1 unspecified atom stereocenters. The summed E-state index contributed by atoms with van der Waals surface area (Å²) < 4.78 is 0. The lowest BCUT2D eigenvalue weighted by Gasteiger charge is -2.37. The molecule has 1 saturated carbocycles. The molecule has 0 aromatic carbocycles. The van der Waals surface area contributed by atoms with Crippen molar-refractivity contribution < 1.29 is 5.11 Å². The van der Waals surface area contributed by atoms with Crippen molar-refractivity contribution in [2.24, 2.45) is 16.7 Å². The van der Waals surface area contributed by atoms with Crippen molar-refractivity contribution in [3.05, 3.63) is 12.7 Å². The predicted octanol–water partition coefficient (Wildman–Crippen LogP) is 3.00. The summed E-state index contributed by atoms with van der Waals surface area (Å²) in [4.78, 5) is 0. The number of rotatable bonds is 2. The van der Waals surface area contributed by atoms with E-state index < -0.39 is 6.10 Å². The van der Waals surface area contributed by atoms with Gasteiger partial charge in [0.15, 0.2) is 0 Å². The van der Waals surface area contributed by atoms with Gasteiger partial charge in [-0.25, -0.2) is 0 Å². The van der Waals surface area contributed by atoms with Gasteiger partial charge in [-0.15, -0.1) is 12.5 Å². The molecule has 1 rings (SSSR count). The van der Waals surface area contributed by atoms with Crippen molar-refractivity contribution >= 4 is 0 Å². The number of hydrogen-bond donors (Lipinski definition) is 1. The Hall–Kier alpha value is -0.740. The summed E-state index contributed by atoms with van der Waals surface area (Å²) in [6.45, 7) is 12.3. The van der Waals surface area contributed by atoms with E-state index in [4.69, 9.17) is 0 Å². The maximum atomic E-state index is 10.1. The average Bonchev–Trinajstić information content (AvgIpc) is 2.39. The molecule has 15 heavy (non-hydrogen) atoms. The molecule has 3 atom stereocenters. The zero-order valence-electron chi connectivity index (χ0n) is 10.3. The first-order chi connectivity index (χ1) is 6.88. The first-order valence-corrected chi connectivity index (χ1v) is 5.61. The predicted molar refractivity (Wildman–Crippen MR) is 64.3 cm³/mol. The highest BCUT2D eigenvalue weighted by Crippen LogP contribution is 2.55. The van der Waals surface area contributed by atoms with Gasteiger partial charge in [0.05, 0.1) is 0 Å². The van der Waals surface area contributed by atoms with Crippen molar-refractivity contribution in [1.29, 1.82) is 0 Å². The molecule has 1 fully saturated rings. The Morgan fingerprint density at radius 2 is 2.00 bits per heavy atom. The van der Waals surface area contributed by atoms with Gasteiger partial charge in [-0.1, -0.05) is 32.8 Å².